The van der Waals surface area contributed by atoms with Crippen molar-refractivity contribution in [2.24, 2.45) is 7.05 Å². The molecule has 3 aromatic carbocycles. The van der Waals surface area contributed by atoms with E-state index >= 15 is 0 Å². The Kier molecular flexibility index (Phi) is 10.5. The number of hydrogen-bond donors (Lipinski definition) is 1. The Balaban J connectivity index is 1.72. The van der Waals surface area contributed by atoms with Crippen LogP contribution < -0.4 is 5.32 Å². The van der Waals surface area contributed by atoms with Crippen molar-refractivity contribution in [3.63, 3.8) is 0 Å². The lowest BCUT2D eigenvalue weighted by Gasteiger charge is -2.28. The van der Waals surface area contributed by atoms with Gasteiger partial charge < -0.3 is 10.1 Å². The van der Waals surface area contributed by atoms with E-state index in [9.17, 15) is 22.8 Å². The van der Waals surface area contributed by atoms with Crippen LogP contribution in [-0.2, 0) is 22.8 Å². The summed E-state index contributed by atoms with van der Waals surface area (Å²) in [6.07, 6.45) is -3.09. The van der Waals surface area contributed by atoms with Gasteiger partial charge in [-0.1, -0.05) is 60.8 Å². The number of halogens is 5. The van der Waals surface area contributed by atoms with E-state index in [0.29, 0.717) is 33.6 Å². The van der Waals surface area contributed by atoms with E-state index in [1.807, 2.05) is 31.2 Å². The molecule has 2 atom stereocenters. The number of fused-ring (bicyclic) bond motifs is 1. The van der Waals surface area contributed by atoms with Crippen LogP contribution in [0.4, 0.5) is 13.2 Å². The molecule has 0 saturated heterocycles. The van der Waals surface area contributed by atoms with Gasteiger partial charge in [0.25, 0.3) is 5.91 Å². The molecule has 1 amide bonds. The van der Waals surface area contributed by atoms with E-state index in [-0.39, 0.29) is 29.8 Å². The van der Waals surface area contributed by atoms with Crippen LogP contribution in [0.5, 0.6) is 0 Å². The van der Waals surface area contributed by atoms with Crippen molar-refractivity contribution in [3.8, 4) is 0 Å². The zero-order valence-electron chi connectivity index (χ0n) is 25.8. The van der Waals surface area contributed by atoms with Crippen molar-refractivity contribution < 1.29 is 27.5 Å². The number of rotatable bonds is 10. The number of carbonyl (C=O) groups excluding carboxylic acids is 2. The first-order chi connectivity index (χ1) is 21.1. The summed E-state index contributed by atoms with van der Waals surface area (Å²) in [5, 5.41) is 8.30. The summed E-state index contributed by atoms with van der Waals surface area (Å²) < 4.78 is 48.4. The second-order valence-electron chi connectivity index (χ2n) is 12.0. The van der Waals surface area contributed by atoms with Crippen molar-refractivity contribution in [1.29, 1.82) is 0 Å². The molecule has 2 unspecified atom stereocenters. The highest BCUT2D eigenvalue weighted by Gasteiger charge is 2.35. The van der Waals surface area contributed by atoms with E-state index in [2.05, 4.69) is 5.32 Å². The molecule has 240 valence electrons. The lowest BCUT2D eigenvalue weighted by atomic mass is 9.76. The van der Waals surface area contributed by atoms with Crippen LogP contribution in [0, 0.1) is 0 Å². The van der Waals surface area contributed by atoms with E-state index in [4.69, 9.17) is 33.0 Å². The van der Waals surface area contributed by atoms with Gasteiger partial charge in [0, 0.05) is 35.5 Å². The molecule has 0 aliphatic rings. The van der Waals surface area contributed by atoms with E-state index in [0.717, 1.165) is 29.7 Å². The number of ether oxygens (including phenoxy) is 1. The first-order valence-corrected chi connectivity index (χ1v) is 15.4. The number of nitrogens with zero attached hydrogens (tertiary/aromatic N) is 2. The Bertz CT molecular complexity index is 1660. The molecule has 0 aliphatic carbocycles. The van der Waals surface area contributed by atoms with Gasteiger partial charge in [-0.3, -0.25) is 14.3 Å². The second-order valence-corrected chi connectivity index (χ2v) is 12.8. The third kappa shape index (κ3) is 8.38. The van der Waals surface area contributed by atoms with Gasteiger partial charge in [-0.2, -0.15) is 18.3 Å². The number of hydrogen-bond acceptors (Lipinski definition) is 4. The van der Waals surface area contributed by atoms with Gasteiger partial charge in [0.05, 0.1) is 28.2 Å². The summed E-state index contributed by atoms with van der Waals surface area (Å²) in [6.45, 7) is 7.49. The molecule has 1 heterocycles. The monoisotopic (exact) mass is 661 g/mol. The molecule has 6 nitrogen and oxygen atoms in total. The molecule has 0 spiro atoms. The van der Waals surface area contributed by atoms with Crippen molar-refractivity contribution in [2.45, 2.75) is 70.6 Å². The van der Waals surface area contributed by atoms with Gasteiger partial charge in [0.15, 0.2) is 0 Å². The molecule has 0 radical (unpaired) electrons. The average molecular weight is 663 g/mol. The van der Waals surface area contributed by atoms with Gasteiger partial charge >= 0.3 is 12.1 Å². The molecule has 45 heavy (non-hydrogen) atoms. The fourth-order valence-electron chi connectivity index (χ4n) is 5.52. The summed E-state index contributed by atoms with van der Waals surface area (Å²) in [7, 11) is 1.66. The van der Waals surface area contributed by atoms with E-state index < -0.39 is 29.2 Å². The topological polar surface area (TPSA) is 73.2 Å². The van der Waals surface area contributed by atoms with Gasteiger partial charge in [0.2, 0.25) is 0 Å². The first-order valence-electron chi connectivity index (χ1n) is 14.7. The third-order valence-corrected chi connectivity index (χ3v) is 7.95. The number of benzene rings is 3. The maximum absolute atomic E-state index is 13.9. The highest BCUT2D eigenvalue weighted by Crippen LogP contribution is 2.45. The number of alkyl halides is 3. The van der Waals surface area contributed by atoms with Crippen molar-refractivity contribution in [2.75, 3.05) is 6.54 Å². The minimum absolute atomic E-state index is 0.0370. The third-order valence-electron chi connectivity index (χ3n) is 7.41. The van der Waals surface area contributed by atoms with Crippen LogP contribution in [0.2, 0.25) is 10.0 Å². The quantitative estimate of drug-likeness (QED) is 0.172. The molecule has 4 rings (SSSR count). The van der Waals surface area contributed by atoms with E-state index in [1.54, 1.807) is 52.1 Å². The van der Waals surface area contributed by atoms with Crippen molar-refractivity contribution >= 4 is 46.0 Å². The van der Waals surface area contributed by atoms with Crippen molar-refractivity contribution in [3.05, 3.63) is 98.7 Å². The number of carbonyl (C=O) groups is 2. The number of amides is 1. The van der Waals surface area contributed by atoms with Crippen LogP contribution in [0.15, 0.2) is 60.7 Å². The Labute approximate surface area is 270 Å². The SMILES string of the molecule is CCCC(c1ccc(C(=O)NCCC(=O)OC(C)(C)C)cc1)C(c1ccc(Cl)cc1)c1nn(C)c2c(Cl)cc(C(F)(F)F)cc12. The Hall–Kier alpha value is -3.56. The lowest BCUT2D eigenvalue weighted by Crippen LogP contribution is -2.29. The lowest BCUT2D eigenvalue weighted by molar-refractivity contribution is -0.154. The van der Waals surface area contributed by atoms with Crippen LogP contribution in [0.25, 0.3) is 10.9 Å². The van der Waals surface area contributed by atoms with Crippen LogP contribution >= 0.6 is 23.2 Å². The van der Waals surface area contributed by atoms with Crippen molar-refractivity contribution in [1.82, 2.24) is 15.1 Å². The fraction of sp³-hybridized carbons (Fsp3) is 0.382. The Morgan fingerprint density at radius 3 is 2.18 bits per heavy atom. The molecule has 4 aromatic rings. The number of aromatic nitrogens is 2. The number of nitrogens with one attached hydrogen (secondary N) is 1. The van der Waals surface area contributed by atoms with Gasteiger partial charge in [-0.25, -0.2) is 0 Å². The molecule has 1 N–H and O–H groups in total. The molecule has 0 fully saturated rings. The number of aryl methyl sites for hydroxylation is 1. The minimum atomic E-state index is -4.59. The van der Waals surface area contributed by atoms with Crippen LogP contribution in [0.1, 0.15) is 91.5 Å². The highest BCUT2D eigenvalue weighted by atomic mass is 35.5. The summed E-state index contributed by atoms with van der Waals surface area (Å²) in [6, 6.07) is 16.4. The summed E-state index contributed by atoms with van der Waals surface area (Å²) in [5.41, 5.74) is 1.54. The van der Waals surface area contributed by atoms with Crippen LogP contribution in [-0.4, -0.2) is 33.8 Å². The maximum atomic E-state index is 13.9. The molecule has 1 aromatic heterocycles. The summed E-state index contributed by atoms with van der Waals surface area (Å²) in [4.78, 5) is 24.8. The van der Waals surface area contributed by atoms with Gasteiger partial charge in [0.1, 0.15) is 5.60 Å². The summed E-state index contributed by atoms with van der Waals surface area (Å²) in [5.74, 6) is -1.42. The maximum Gasteiger partial charge on any atom is 0.416 e. The minimum Gasteiger partial charge on any atom is -0.460 e. The molecule has 0 aliphatic heterocycles. The normalized spacial score (nSPS) is 13.5. The second kappa shape index (κ2) is 13.8. The van der Waals surface area contributed by atoms with Crippen LogP contribution in [0.3, 0.4) is 0 Å². The number of esters is 1. The smallest absolute Gasteiger partial charge is 0.416 e. The Morgan fingerprint density at radius 1 is 0.978 bits per heavy atom. The van der Waals surface area contributed by atoms with E-state index in [1.165, 1.54) is 4.68 Å². The summed E-state index contributed by atoms with van der Waals surface area (Å²) >= 11 is 12.6. The fourth-order valence-corrected chi connectivity index (χ4v) is 5.99. The predicted octanol–water partition coefficient (Wildman–Crippen LogP) is 9.08. The molecular weight excluding hydrogens is 626 g/mol. The molecule has 0 bridgehead atoms. The highest BCUT2D eigenvalue weighted by molar-refractivity contribution is 6.35. The van der Waals surface area contributed by atoms with Gasteiger partial charge in [-0.05, 0) is 80.6 Å². The standard InChI is InChI=1S/C34H36Cl2F3N3O3/c1-6-7-25(20-8-10-22(11-9-20)32(44)40-17-16-28(43)45-33(2,3)4)29(21-12-14-24(35)15-13-21)30-26-18-23(34(37,38)39)19-27(36)31(26)42(5)41-30/h8-15,18-19,25,29H,6-7,16-17H2,1-5H3,(H,40,44). The zero-order chi connectivity index (χ0) is 33.1. The zero-order valence-corrected chi connectivity index (χ0v) is 27.3. The predicted molar refractivity (Wildman–Crippen MR) is 171 cm³/mol. The first kappa shape index (κ1) is 34.3. The molecule has 0 saturated carbocycles. The Morgan fingerprint density at radius 2 is 1.60 bits per heavy atom. The average Bonchev–Trinajstić information content (AvgIpc) is 3.28. The molecule has 11 heteroatoms. The molecular formula is C34H36Cl2F3N3O3. The largest absolute Gasteiger partial charge is 0.460 e. The van der Waals surface area contributed by atoms with Gasteiger partial charge in [-0.15, -0.1) is 0 Å².